The van der Waals surface area contributed by atoms with Gasteiger partial charge in [0.2, 0.25) is 5.91 Å². The molecule has 0 bridgehead atoms. The van der Waals surface area contributed by atoms with Crippen LogP contribution in [-0.4, -0.2) is 19.0 Å². The SMILES string of the molecule is O=C(C[C@@H]1CCNC1)NC1(c2ccccc2Cl)CC1. The highest BCUT2D eigenvalue weighted by atomic mass is 35.5. The molecule has 3 nitrogen and oxygen atoms in total. The Morgan fingerprint density at radius 3 is 2.84 bits per heavy atom. The van der Waals surface area contributed by atoms with Crippen LogP contribution in [0.4, 0.5) is 0 Å². The van der Waals surface area contributed by atoms with Crippen molar-refractivity contribution >= 4 is 17.5 Å². The zero-order valence-corrected chi connectivity index (χ0v) is 11.7. The Labute approximate surface area is 118 Å². The van der Waals surface area contributed by atoms with E-state index < -0.39 is 0 Å². The van der Waals surface area contributed by atoms with Gasteiger partial charge in [0.15, 0.2) is 0 Å². The van der Waals surface area contributed by atoms with Gasteiger partial charge in [0, 0.05) is 11.4 Å². The van der Waals surface area contributed by atoms with E-state index in [0.29, 0.717) is 12.3 Å². The molecule has 2 aliphatic rings. The lowest BCUT2D eigenvalue weighted by atomic mass is 10.0. The van der Waals surface area contributed by atoms with Crippen molar-refractivity contribution in [3.63, 3.8) is 0 Å². The molecular formula is C15H19ClN2O. The zero-order valence-electron chi connectivity index (χ0n) is 10.9. The second-order valence-electron chi connectivity index (χ2n) is 5.67. The lowest BCUT2D eigenvalue weighted by Crippen LogP contribution is -2.36. The van der Waals surface area contributed by atoms with E-state index in [9.17, 15) is 4.79 Å². The van der Waals surface area contributed by atoms with E-state index >= 15 is 0 Å². The van der Waals surface area contributed by atoms with E-state index in [0.717, 1.165) is 42.9 Å². The van der Waals surface area contributed by atoms with Crippen molar-refractivity contribution < 1.29 is 4.79 Å². The molecule has 1 amide bonds. The van der Waals surface area contributed by atoms with Crippen LogP contribution in [0.15, 0.2) is 24.3 Å². The summed E-state index contributed by atoms with van der Waals surface area (Å²) < 4.78 is 0. The van der Waals surface area contributed by atoms with Crippen molar-refractivity contribution in [2.24, 2.45) is 5.92 Å². The number of amides is 1. The number of halogens is 1. The summed E-state index contributed by atoms with van der Waals surface area (Å²) in [5.41, 5.74) is 0.871. The quantitative estimate of drug-likeness (QED) is 0.888. The number of hydrogen-bond donors (Lipinski definition) is 2. The topological polar surface area (TPSA) is 41.1 Å². The fraction of sp³-hybridized carbons (Fsp3) is 0.533. The normalized spacial score (nSPS) is 24.2. The summed E-state index contributed by atoms with van der Waals surface area (Å²) in [6.07, 6.45) is 3.71. The molecule has 0 radical (unpaired) electrons. The van der Waals surface area contributed by atoms with Gasteiger partial charge in [-0.25, -0.2) is 0 Å². The van der Waals surface area contributed by atoms with Crippen molar-refractivity contribution in [3.05, 3.63) is 34.9 Å². The predicted octanol–water partition coefficient (Wildman–Crippen LogP) is 2.44. The van der Waals surface area contributed by atoms with Gasteiger partial charge >= 0.3 is 0 Å². The molecule has 0 unspecified atom stereocenters. The van der Waals surface area contributed by atoms with E-state index in [2.05, 4.69) is 10.6 Å². The predicted molar refractivity (Wildman–Crippen MR) is 76.1 cm³/mol. The maximum Gasteiger partial charge on any atom is 0.221 e. The minimum Gasteiger partial charge on any atom is -0.347 e. The van der Waals surface area contributed by atoms with Crippen LogP contribution in [0.3, 0.4) is 0 Å². The lowest BCUT2D eigenvalue weighted by molar-refractivity contribution is -0.122. The second kappa shape index (κ2) is 5.14. The highest BCUT2D eigenvalue weighted by molar-refractivity contribution is 6.31. The van der Waals surface area contributed by atoms with Crippen molar-refractivity contribution in [2.75, 3.05) is 13.1 Å². The number of hydrogen-bond acceptors (Lipinski definition) is 2. The molecule has 19 heavy (non-hydrogen) atoms. The molecule has 2 fully saturated rings. The van der Waals surface area contributed by atoms with Gasteiger partial charge in [0.1, 0.15) is 0 Å². The highest BCUT2D eigenvalue weighted by Crippen LogP contribution is 2.48. The monoisotopic (exact) mass is 278 g/mol. The van der Waals surface area contributed by atoms with Crippen LogP contribution >= 0.6 is 11.6 Å². The first-order chi connectivity index (χ1) is 9.20. The average Bonchev–Trinajstić information content (AvgIpc) is 2.97. The molecule has 1 aliphatic heterocycles. The first kappa shape index (κ1) is 12.9. The molecule has 0 spiro atoms. The Morgan fingerprint density at radius 1 is 1.42 bits per heavy atom. The summed E-state index contributed by atoms with van der Waals surface area (Å²) in [4.78, 5) is 12.2. The fourth-order valence-electron chi connectivity index (χ4n) is 2.90. The van der Waals surface area contributed by atoms with Gasteiger partial charge in [0.05, 0.1) is 5.54 Å². The Kier molecular flexibility index (Phi) is 3.50. The van der Waals surface area contributed by atoms with Crippen LogP contribution < -0.4 is 10.6 Å². The minimum atomic E-state index is -0.193. The van der Waals surface area contributed by atoms with Crippen LogP contribution in [0, 0.1) is 5.92 Å². The number of rotatable bonds is 4. The summed E-state index contributed by atoms with van der Waals surface area (Å²) in [5.74, 6) is 0.646. The standard InChI is InChI=1S/C15H19ClN2O/c16-13-4-2-1-3-12(13)15(6-7-15)18-14(19)9-11-5-8-17-10-11/h1-4,11,17H,5-10H2,(H,18,19)/t11-/m0/s1. The van der Waals surface area contributed by atoms with Gasteiger partial charge in [-0.3, -0.25) is 4.79 Å². The Bertz CT molecular complexity index is 479. The first-order valence-corrected chi connectivity index (χ1v) is 7.34. The molecule has 3 rings (SSSR count). The summed E-state index contributed by atoms with van der Waals surface area (Å²) in [5, 5.41) is 7.25. The molecule has 102 valence electrons. The maximum absolute atomic E-state index is 12.2. The minimum absolute atomic E-state index is 0.158. The largest absolute Gasteiger partial charge is 0.347 e. The summed E-state index contributed by atoms with van der Waals surface area (Å²) in [7, 11) is 0. The van der Waals surface area contributed by atoms with Gasteiger partial charge in [-0.15, -0.1) is 0 Å². The molecule has 1 aromatic rings. The van der Waals surface area contributed by atoms with E-state index in [1.165, 1.54) is 0 Å². The third kappa shape index (κ3) is 2.77. The Hall–Kier alpha value is -1.06. The van der Waals surface area contributed by atoms with Crippen LogP contribution in [0.5, 0.6) is 0 Å². The highest BCUT2D eigenvalue weighted by Gasteiger charge is 2.46. The molecule has 1 saturated heterocycles. The van der Waals surface area contributed by atoms with Gasteiger partial charge in [-0.1, -0.05) is 29.8 Å². The van der Waals surface area contributed by atoms with E-state index in [-0.39, 0.29) is 11.4 Å². The number of nitrogens with one attached hydrogen (secondary N) is 2. The molecule has 1 aromatic carbocycles. The molecule has 1 saturated carbocycles. The van der Waals surface area contributed by atoms with Gasteiger partial charge in [0.25, 0.3) is 0 Å². The van der Waals surface area contributed by atoms with Crippen molar-refractivity contribution in [1.29, 1.82) is 0 Å². The van der Waals surface area contributed by atoms with Crippen molar-refractivity contribution in [3.8, 4) is 0 Å². The van der Waals surface area contributed by atoms with Crippen LogP contribution in [0.2, 0.25) is 5.02 Å². The van der Waals surface area contributed by atoms with Gasteiger partial charge < -0.3 is 10.6 Å². The molecule has 4 heteroatoms. The van der Waals surface area contributed by atoms with E-state index in [4.69, 9.17) is 11.6 Å². The first-order valence-electron chi connectivity index (χ1n) is 6.96. The van der Waals surface area contributed by atoms with Crippen molar-refractivity contribution in [1.82, 2.24) is 10.6 Å². The van der Waals surface area contributed by atoms with Crippen LogP contribution in [0.1, 0.15) is 31.2 Å². The summed E-state index contributed by atoms with van der Waals surface area (Å²) >= 11 is 6.24. The second-order valence-corrected chi connectivity index (χ2v) is 6.08. The van der Waals surface area contributed by atoms with Gasteiger partial charge in [-0.05, 0) is 49.9 Å². The molecule has 0 aromatic heterocycles. The van der Waals surface area contributed by atoms with E-state index in [1.807, 2.05) is 24.3 Å². The number of carbonyl (C=O) groups excluding carboxylic acids is 1. The Morgan fingerprint density at radius 2 is 2.21 bits per heavy atom. The lowest BCUT2D eigenvalue weighted by Gasteiger charge is -2.20. The molecule has 1 aliphatic carbocycles. The molecular weight excluding hydrogens is 260 g/mol. The van der Waals surface area contributed by atoms with Crippen molar-refractivity contribution in [2.45, 2.75) is 31.2 Å². The average molecular weight is 279 g/mol. The zero-order chi connectivity index (χ0) is 13.3. The number of benzene rings is 1. The van der Waals surface area contributed by atoms with Crippen LogP contribution in [-0.2, 0) is 10.3 Å². The van der Waals surface area contributed by atoms with E-state index in [1.54, 1.807) is 0 Å². The third-order valence-electron chi connectivity index (χ3n) is 4.15. The smallest absolute Gasteiger partial charge is 0.221 e. The maximum atomic E-state index is 12.2. The summed E-state index contributed by atoms with van der Waals surface area (Å²) in [6, 6.07) is 7.82. The molecule has 2 N–H and O–H groups in total. The third-order valence-corrected chi connectivity index (χ3v) is 4.48. The Balaban J connectivity index is 1.65. The molecule has 1 heterocycles. The summed E-state index contributed by atoms with van der Waals surface area (Å²) in [6.45, 7) is 2.00. The fourth-order valence-corrected chi connectivity index (χ4v) is 3.22. The van der Waals surface area contributed by atoms with Gasteiger partial charge in [-0.2, -0.15) is 0 Å². The number of carbonyl (C=O) groups is 1. The molecule has 1 atom stereocenters. The van der Waals surface area contributed by atoms with Crippen LogP contribution in [0.25, 0.3) is 0 Å².